The molecule has 0 atom stereocenters. The first-order valence-electron chi connectivity index (χ1n) is 5.40. The summed E-state index contributed by atoms with van der Waals surface area (Å²) >= 11 is 0. The molecule has 0 aliphatic rings. The second-order valence-electron chi connectivity index (χ2n) is 3.58. The van der Waals surface area contributed by atoms with Gasteiger partial charge in [0.1, 0.15) is 7.85 Å². The summed E-state index contributed by atoms with van der Waals surface area (Å²) in [6.45, 7) is 8.13. The Morgan fingerprint density at radius 2 is 1.93 bits per heavy atom. The van der Waals surface area contributed by atoms with Crippen LogP contribution in [0.2, 0.25) is 0 Å². The Morgan fingerprint density at radius 1 is 1.27 bits per heavy atom. The monoisotopic (exact) mass is 201 g/mol. The minimum absolute atomic E-state index is 0.726. The van der Waals surface area contributed by atoms with Crippen LogP contribution in [-0.2, 0) is 0 Å². The summed E-state index contributed by atoms with van der Waals surface area (Å²) < 4.78 is 0. The van der Waals surface area contributed by atoms with E-state index in [-0.39, 0.29) is 0 Å². The van der Waals surface area contributed by atoms with Crippen LogP contribution in [0, 0.1) is 0 Å². The topological polar surface area (TPSA) is 12.4 Å². The van der Waals surface area contributed by atoms with Crippen molar-refractivity contribution in [3.8, 4) is 0 Å². The standard InChI is InChI=1S/C13H20BN/c1-5-7-11(3)8-9-13(14)12(4)15-10-6-2/h6,8-10H,5,7H2,1-4H3/b10-6-,11-8-,13-9+,15-12+. The van der Waals surface area contributed by atoms with E-state index >= 15 is 0 Å². The highest BCUT2D eigenvalue weighted by molar-refractivity contribution is 6.37. The lowest BCUT2D eigenvalue weighted by atomic mass is 9.90. The molecule has 80 valence electrons. The van der Waals surface area contributed by atoms with E-state index < -0.39 is 0 Å². The summed E-state index contributed by atoms with van der Waals surface area (Å²) in [4.78, 5) is 4.18. The third-order valence-electron chi connectivity index (χ3n) is 2.03. The fourth-order valence-corrected chi connectivity index (χ4v) is 1.09. The number of rotatable bonds is 5. The molecule has 2 heteroatoms. The van der Waals surface area contributed by atoms with Gasteiger partial charge in [-0.15, -0.1) is 0 Å². The summed E-state index contributed by atoms with van der Waals surface area (Å²) in [5.41, 5.74) is 2.93. The average molecular weight is 201 g/mol. The van der Waals surface area contributed by atoms with Crippen molar-refractivity contribution in [1.82, 2.24) is 0 Å². The fourth-order valence-electron chi connectivity index (χ4n) is 1.09. The zero-order valence-electron chi connectivity index (χ0n) is 10.2. The van der Waals surface area contributed by atoms with E-state index in [4.69, 9.17) is 7.85 Å². The second-order valence-corrected chi connectivity index (χ2v) is 3.58. The summed E-state index contributed by atoms with van der Waals surface area (Å²) in [5.74, 6) is 0. The largest absolute Gasteiger partial charge is 0.263 e. The Labute approximate surface area is 95.1 Å². The van der Waals surface area contributed by atoms with Gasteiger partial charge in [-0.25, -0.2) is 0 Å². The molecule has 0 aromatic carbocycles. The quantitative estimate of drug-likeness (QED) is 0.364. The fraction of sp³-hybridized carbons (Fsp3) is 0.462. The van der Waals surface area contributed by atoms with Crippen molar-refractivity contribution in [2.75, 3.05) is 0 Å². The van der Waals surface area contributed by atoms with Crippen molar-refractivity contribution in [2.24, 2.45) is 4.99 Å². The molecule has 0 aliphatic carbocycles. The van der Waals surface area contributed by atoms with Gasteiger partial charge in [0, 0.05) is 11.9 Å². The minimum atomic E-state index is 0.726. The molecule has 2 radical (unpaired) electrons. The van der Waals surface area contributed by atoms with Crippen molar-refractivity contribution >= 4 is 13.6 Å². The van der Waals surface area contributed by atoms with Crippen LogP contribution in [0.5, 0.6) is 0 Å². The van der Waals surface area contributed by atoms with E-state index in [1.165, 1.54) is 12.0 Å². The van der Waals surface area contributed by atoms with Gasteiger partial charge >= 0.3 is 0 Å². The van der Waals surface area contributed by atoms with Gasteiger partial charge in [0.25, 0.3) is 0 Å². The summed E-state index contributed by atoms with van der Waals surface area (Å²) in [5, 5.41) is 0. The SMILES string of the molecule is [B]C(=C/C=C(/C)CCC)/C(C)=N/C=C\C. The maximum Gasteiger partial charge on any atom is 0.116 e. The van der Waals surface area contributed by atoms with Crippen LogP contribution in [0.15, 0.2) is 40.5 Å². The molecular weight excluding hydrogens is 181 g/mol. The third-order valence-corrected chi connectivity index (χ3v) is 2.03. The van der Waals surface area contributed by atoms with Crippen LogP contribution in [0.1, 0.15) is 40.5 Å². The molecule has 1 nitrogen and oxygen atoms in total. The van der Waals surface area contributed by atoms with Crippen molar-refractivity contribution in [1.29, 1.82) is 0 Å². The molecular formula is C13H20BN. The molecule has 0 saturated carbocycles. The van der Waals surface area contributed by atoms with Gasteiger partial charge in [-0.2, -0.15) is 0 Å². The number of hydrogen-bond acceptors (Lipinski definition) is 1. The van der Waals surface area contributed by atoms with Crippen molar-refractivity contribution in [3.63, 3.8) is 0 Å². The van der Waals surface area contributed by atoms with Gasteiger partial charge in [-0.05, 0) is 27.2 Å². The Kier molecular flexibility index (Phi) is 7.70. The van der Waals surface area contributed by atoms with Gasteiger partial charge < -0.3 is 0 Å². The first kappa shape index (κ1) is 14.0. The lowest BCUT2D eigenvalue weighted by Crippen LogP contribution is -1.95. The first-order chi connectivity index (χ1) is 7.11. The number of aliphatic imine (C=N–C) groups is 1. The average Bonchev–Trinajstić information content (AvgIpc) is 2.22. The predicted octanol–water partition coefficient (Wildman–Crippen LogP) is 3.78. The molecule has 0 aromatic rings. The third kappa shape index (κ3) is 6.95. The van der Waals surface area contributed by atoms with Crippen molar-refractivity contribution in [2.45, 2.75) is 40.5 Å². The molecule has 0 spiro atoms. The van der Waals surface area contributed by atoms with Gasteiger partial charge in [0.05, 0.1) is 0 Å². The van der Waals surface area contributed by atoms with E-state index in [1.54, 1.807) is 6.20 Å². The molecule has 0 aromatic heterocycles. The maximum atomic E-state index is 5.85. The molecule has 0 fully saturated rings. The van der Waals surface area contributed by atoms with Gasteiger partial charge in [0.15, 0.2) is 0 Å². The number of hydrogen-bond donors (Lipinski definition) is 0. The highest BCUT2D eigenvalue weighted by Gasteiger charge is 1.91. The summed E-state index contributed by atoms with van der Waals surface area (Å²) in [6.07, 6.45) is 9.91. The maximum absolute atomic E-state index is 5.85. The molecule has 0 N–H and O–H groups in total. The molecule has 0 amide bonds. The smallest absolute Gasteiger partial charge is 0.116 e. The van der Waals surface area contributed by atoms with Crippen LogP contribution in [0.25, 0.3) is 0 Å². The lowest BCUT2D eigenvalue weighted by molar-refractivity contribution is 0.906. The molecule has 0 bridgehead atoms. The van der Waals surface area contributed by atoms with Crippen LogP contribution in [-0.4, -0.2) is 13.6 Å². The van der Waals surface area contributed by atoms with Crippen LogP contribution >= 0.6 is 0 Å². The highest BCUT2D eigenvalue weighted by Crippen LogP contribution is 2.04. The molecule has 15 heavy (non-hydrogen) atoms. The van der Waals surface area contributed by atoms with E-state index in [2.05, 4.69) is 24.9 Å². The summed E-state index contributed by atoms with van der Waals surface area (Å²) in [6, 6.07) is 0. The lowest BCUT2D eigenvalue weighted by Gasteiger charge is -1.99. The Balaban J connectivity index is 4.49. The Morgan fingerprint density at radius 3 is 2.47 bits per heavy atom. The molecule has 0 saturated heterocycles. The zero-order valence-corrected chi connectivity index (χ0v) is 10.2. The van der Waals surface area contributed by atoms with Crippen LogP contribution in [0.4, 0.5) is 0 Å². The number of allylic oxidation sites excluding steroid dienone is 5. The predicted molar refractivity (Wildman–Crippen MR) is 70.4 cm³/mol. The van der Waals surface area contributed by atoms with Crippen molar-refractivity contribution in [3.05, 3.63) is 35.5 Å². The van der Waals surface area contributed by atoms with E-state index in [0.717, 1.165) is 17.6 Å². The Hall–Kier alpha value is -1.05. The molecule has 0 unspecified atom stereocenters. The van der Waals surface area contributed by atoms with Gasteiger partial charge in [-0.3, -0.25) is 4.99 Å². The van der Waals surface area contributed by atoms with Crippen LogP contribution in [0.3, 0.4) is 0 Å². The molecule has 0 rings (SSSR count). The minimum Gasteiger partial charge on any atom is -0.263 e. The van der Waals surface area contributed by atoms with Crippen molar-refractivity contribution < 1.29 is 0 Å². The molecule has 0 heterocycles. The number of nitrogens with zero attached hydrogens (tertiary/aromatic N) is 1. The highest BCUT2D eigenvalue weighted by atomic mass is 14.7. The normalized spacial score (nSPS) is 15.1. The van der Waals surface area contributed by atoms with Gasteiger partial charge in [-0.1, -0.05) is 42.6 Å². The van der Waals surface area contributed by atoms with Gasteiger partial charge in [0.2, 0.25) is 0 Å². The van der Waals surface area contributed by atoms with E-state index in [0.29, 0.717) is 0 Å². The molecule has 0 aliphatic heterocycles. The van der Waals surface area contributed by atoms with E-state index in [9.17, 15) is 0 Å². The summed E-state index contributed by atoms with van der Waals surface area (Å²) in [7, 11) is 5.85. The Bertz CT molecular complexity index is 296. The van der Waals surface area contributed by atoms with Crippen LogP contribution < -0.4 is 0 Å². The first-order valence-corrected chi connectivity index (χ1v) is 5.40. The van der Waals surface area contributed by atoms with E-state index in [1.807, 2.05) is 26.0 Å². The second kappa shape index (κ2) is 8.28. The zero-order chi connectivity index (χ0) is 11.7.